The van der Waals surface area contributed by atoms with Crippen molar-refractivity contribution in [3.63, 3.8) is 0 Å². The molecule has 4 nitrogen and oxygen atoms in total. The molecule has 0 saturated carbocycles. The summed E-state index contributed by atoms with van der Waals surface area (Å²) in [6.07, 6.45) is 1.24. The molecule has 1 aromatic rings. The van der Waals surface area contributed by atoms with E-state index in [0.717, 1.165) is 17.3 Å². The van der Waals surface area contributed by atoms with Gasteiger partial charge in [0.25, 0.3) is 5.91 Å². The molecule has 1 amide bonds. The molecule has 1 rings (SSSR count). The van der Waals surface area contributed by atoms with Crippen LogP contribution in [0.5, 0.6) is 5.75 Å². The molecule has 5 heteroatoms. The van der Waals surface area contributed by atoms with Crippen molar-refractivity contribution >= 4 is 21.8 Å². The molecule has 0 aromatic heterocycles. The third-order valence-corrected chi connectivity index (χ3v) is 3.51. The maximum absolute atomic E-state index is 11.8. The van der Waals surface area contributed by atoms with Gasteiger partial charge in [0.2, 0.25) is 0 Å². The van der Waals surface area contributed by atoms with Crippen LogP contribution in [0, 0.1) is 5.92 Å². The second kappa shape index (κ2) is 8.97. The van der Waals surface area contributed by atoms with E-state index in [-0.39, 0.29) is 18.4 Å². The molecule has 0 heterocycles. The lowest BCUT2D eigenvalue weighted by Crippen LogP contribution is -2.36. The summed E-state index contributed by atoms with van der Waals surface area (Å²) in [4.78, 5) is 11.8. The normalized spacial score (nSPS) is 13.6. The van der Waals surface area contributed by atoms with Gasteiger partial charge in [-0.1, -0.05) is 22.9 Å². The third-order valence-electron chi connectivity index (χ3n) is 2.98. The molecule has 1 aromatic carbocycles. The van der Waals surface area contributed by atoms with Crippen LogP contribution in [-0.2, 0) is 4.79 Å². The Bertz CT molecular complexity index is 408. The number of amides is 1. The lowest BCUT2D eigenvalue weighted by atomic mass is 10.1. The van der Waals surface area contributed by atoms with E-state index >= 15 is 0 Å². The number of halogens is 1. The van der Waals surface area contributed by atoms with Crippen LogP contribution in [0.2, 0.25) is 0 Å². The molecule has 0 aliphatic rings. The topological polar surface area (TPSA) is 58.6 Å². The van der Waals surface area contributed by atoms with Crippen LogP contribution in [0.15, 0.2) is 28.7 Å². The number of carbonyl (C=O) groups excluding carboxylic acids is 1. The predicted octanol–water partition coefficient (Wildman–Crippen LogP) is 2.74. The molecular weight excluding hydrogens is 322 g/mol. The molecule has 2 unspecified atom stereocenters. The zero-order chi connectivity index (χ0) is 15.0. The van der Waals surface area contributed by atoms with Crippen LogP contribution in [0.25, 0.3) is 0 Å². The third kappa shape index (κ3) is 6.39. The lowest BCUT2D eigenvalue weighted by molar-refractivity contribution is -0.127. The Morgan fingerprint density at radius 2 is 2.00 bits per heavy atom. The predicted molar refractivity (Wildman–Crippen MR) is 82.7 cm³/mol. The SMILES string of the molecule is CC(CO)CCCNC(=O)C(C)Oc1ccc(Br)cc1. The van der Waals surface area contributed by atoms with E-state index in [2.05, 4.69) is 21.2 Å². The van der Waals surface area contributed by atoms with Crippen molar-refractivity contribution < 1.29 is 14.6 Å². The summed E-state index contributed by atoms with van der Waals surface area (Å²) in [5.74, 6) is 0.831. The lowest BCUT2D eigenvalue weighted by Gasteiger charge is -2.15. The van der Waals surface area contributed by atoms with E-state index in [0.29, 0.717) is 12.3 Å². The number of nitrogens with one attached hydrogen (secondary N) is 1. The van der Waals surface area contributed by atoms with Crippen molar-refractivity contribution in [1.29, 1.82) is 0 Å². The van der Waals surface area contributed by atoms with Gasteiger partial charge in [0, 0.05) is 17.6 Å². The molecule has 2 atom stereocenters. The minimum atomic E-state index is -0.522. The summed E-state index contributed by atoms with van der Waals surface area (Å²) < 4.78 is 6.53. The summed E-state index contributed by atoms with van der Waals surface area (Å²) in [5.41, 5.74) is 0. The largest absolute Gasteiger partial charge is 0.481 e. The van der Waals surface area contributed by atoms with Crippen LogP contribution in [0.3, 0.4) is 0 Å². The van der Waals surface area contributed by atoms with Crippen LogP contribution >= 0.6 is 15.9 Å². The standard InChI is InChI=1S/C15H22BrNO3/c1-11(10-18)4-3-9-17-15(19)12(2)20-14-7-5-13(16)6-8-14/h5-8,11-12,18H,3-4,9-10H2,1-2H3,(H,17,19). The average Bonchev–Trinajstić information content (AvgIpc) is 2.45. The minimum Gasteiger partial charge on any atom is -0.481 e. The van der Waals surface area contributed by atoms with Gasteiger partial charge in [-0.2, -0.15) is 0 Å². The molecule has 112 valence electrons. The highest BCUT2D eigenvalue weighted by molar-refractivity contribution is 9.10. The average molecular weight is 344 g/mol. The maximum Gasteiger partial charge on any atom is 0.260 e. The molecule has 2 N–H and O–H groups in total. The maximum atomic E-state index is 11.8. The fraction of sp³-hybridized carbons (Fsp3) is 0.533. The van der Waals surface area contributed by atoms with Crippen molar-refractivity contribution in [3.8, 4) is 5.75 Å². The molecule has 0 saturated heterocycles. The Morgan fingerprint density at radius 1 is 1.35 bits per heavy atom. The fourth-order valence-corrected chi connectivity index (χ4v) is 1.93. The van der Waals surface area contributed by atoms with Crippen molar-refractivity contribution in [2.45, 2.75) is 32.8 Å². The van der Waals surface area contributed by atoms with E-state index < -0.39 is 6.10 Å². The molecular formula is C15H22BrNO3. The Morgan fingerprint density at radius 3 is 2.60 bits per heavy atom. The van der Waals surface area contributed by atoms with Gasteiger partial charge in [-0.15, -0.1) is 0 Å². The molecule has 0 aliphatic heterocycles. The monoisotopic (exact) mass is 343 g/mol. The molecule has 0 fully saturated rings. The van der Waals surface area contributed by atoms with Gasteiger partial charge >= 0.3 is 0 Å². The number of carbonyl (C=O) groups is 1. The van der Waals surface area contributed by atoms with E-state index in [9.17, 15) is 4.79 Å². The Labute approximate surface area is 128 Å². The molecule has 0 radical (unpaired) electrons. The zero-order valence-electron chi connectivity index (χ0n) is 11.9. The highest BCUT2D eigenvalue weighted by Gasteiger charge is 2.13. The number of rotatable bonds is 8. The van der Waals surface area contributed by atoms with Crippen molar-refractivity contribution in [1.82, 2.24) is 5.32 Å². The van der Waals surface area contributed by atoms with Gasteiger partial charge in [0.05, 0.1) is 0 Å². The zero-order valence-corrected chi connectivity index (χ0v) is 13.5. The molecule has 20 heavy (non-hydrogen) atoms. The fourth-order valence-electron chi connectivity index (χ4n) is 1.67. The highest BCUT2D eigenvalue weighted by atomic mass is 79.9. The number of hydrogen-bond acceptors (Lipinski definition) is 3. The number of aliphatic hydroxyl groups is 1. The highest BCUT2D eigenvalue weighted by Crippen LogP contribution is 2.17. The summed E-state index contributed by atoms with van der Waals surface area (Å²) in [7, 11) is 0. The summed E-state index contributed by atoms with van der Waals surface area (Å²) in [6.45, 7) is 4.52. The first kappa shape index (κ1) is 17.0. The van der Waals surface area contributed by atoms with Crippen LogP contribution in [0.4, 0.5) is 0 Å². The van der Waals surface area contributed by atoms with E-state index in [1.807, 2.05) is 31.2 Å². The second-order valence-electron chi connectivity index (χ2n) is 4.94. The second-order valence-corrected chi connectivity index (χ2v) is 5.85. The van der Waals surface area contributed by atoms with Gasteiger partial charge < -0.3 is 15.2 Å². The smallest absolute Gasteiger partial charge is 0.260 e. The first-order valence-electron chi connectivity index (χ1n) is 6.83. The number of ether oxygens (including phenoxy) is 1. The quantitative estimate of drug-likeness (QED) is 0.713. The van der Waals surface area contributed by atoms with Gasteiger partial charge in [-0.3, -0.25) is 4.79 Å². The summed E-state index contributed by atoms with van der Waals surface area (Å²) in [6, 6.07) is 7.38. The van der Waals surface area contributed by atoms with Gasteiger partial charge in [-0.25, -0.2) is 0 Å². The van der Waals surface area contributed by atoms with Crippen LogP contribution in [0.1, 0.15) is 26.7 Å². The van der Waals surface area contributed by atoms with E-state index in [4.69, 9.17) is 9.84 Å². The van der Waals surface area contributed by atoms with Crippen LogP contribution < -0.4 is 10.1 Å². The van der Waals surface area contributed by atoms with Gasteiger partial charge in [-0.05, 0) is 49.9 Å². The van der Waals surface area contributed by atoms with Gasteiger partial charge in [0.1, 0.15) is 5.75 Å². The Hall–Kier alpha value is -1.07. The Kier molecular flexibility index (Phi) is 7.62. The minimum absolute atomic E-state index is 0.121. The number of benzene rings is 1. The molecule has 0 bridgehead atoms. The molecule has 0 spiro atoms. The van der Waals surface area contributed by atoms with Crippen molar-refractivity contribution in [2.24, 2.45) is 5.92 Å². The van der Waals surface area contributed by atoms with Crippen LogP contribution in [-0.4, -0.2) is 30.3 Å². The first-order valence-corrected chi connectivity index (χ1v) is 7.63. The van der Waals surface area contributed by atoms with Crippen molar-refractivity contribution in [3.05, 3.63) is 28.7 Å². The van der Waals surface area contributed by atoms with E-state index in [1.54, 1.807) is 6.92 Å². The summed E-state index contributed by atoms with van der Waals surface area (Å²) in [5, 5.41) is 11.7. The number of hydrogen-bond donors (Lipinski definition) is 2. The number of aliphatic hydroxyl groups excluding tert-OH is 1. The first-order chi connectivity index (χ1) is 9.52. The molecule has 0 aliphatic carbocycles. The summed E-state index contributed by atoms with van der Waals surface area (Å²) >= 11 is 3.35. The van der Waals surface area contributed by atoms with E-state index in [1.165, 1.54) is 0 Å². The Balaban J connectivity index is 2.27. The van der Waals surface area contributed by atoms with Gasteiger partial charge in [0.15, 0.2) is 6.10 Å². The van der Waals surface area contributed by atoms with Crippen molar-refractivity contribution in [2.75, 3.05) is 13.2 Å².